The van der Waals surface area contributed by atoms with Gasteiger partial charge >= 0.3 is 0 Å². The molecular formula is C16H26N2O2. The van der Waals surface area contributed by atoms with Crippen LogP contribution in [-0.4, -0.2) is 39.3 Å². The second-order valence-corrected chi connectivity index (χ2v) is 5.93. The predicted octanol–water partition coefficient (Wildman–Crippen LogP) is 2.23. The number of hydrogen-bond donors (Lipinski definition) is 1. The number of amides is 1. The molecule has 1 aromatic rings. The summed E-state index contributed by atoms with van der Waals surface area (Å²) in [6.07, 6.45) is 1.25. The predicted molar refractivity (Wildman–Crippen MR) is 83.2 cm³/mol. The average molecular weight is 278 g/mol. The van der Waals surface area contributed by atoms with Crippen LogP contribution in [0.4, 0.5) is 5.69 Å². The molecule has 112 valence electrons. The minimum absolute atomic E-state index is 0.0590. The van der Waals surface area contributed by atoms with E-state index in [9.17, 15) is 4.79 Å². The SMILES string of the molecule is COCC(C)(C)NC(=O)CCc1ccc(N(C)C)cc1. The second kappa shape index (κ2) is 7.29. The summed E-state index contributed by atoms with van der Waals surface area (Å²) < 4.78 is 5.09. The van der Waals surface area contributed by atoms with E-state index >= 15 is 0 Å². The van der Waals surface area contributed by atoms with Gasteiger partial charge in [-0.15, -0.1) is 0 Å². The van der Waals surface area contributed by atoms with Crippen LogP contribution < -0.4 is 10.2 Å². The number of nitrogens with one attached hydrogen (secondary N) is 1. The zero-order valence-corrected chi connectivity index (χ0v) is 13.2. The van der Waals surface area contributed by atoms with E-state index in [0.717, 1.165) is 6.42 Å². The smallest absolute Gasteiger partial charge is 0.220 e. The number of ether oxygens (including phenoxy) is 1. The molecule has 0 heterocycles. The molecule has 0 atom stereocenters. The van der Waals surface area contributed by atoms with Crippen molar-refractivity contribution in [1.29, 1.82) is 0 Å². The van der Waals surface area contributed by atoms with Crippen LogP contribution in [-0.2, 0) is 16.0 Å². The lowest BCUT2D eigenvalue weighted by atomic mass is 10.1. The Bertz CT molecular complexity index is 425. The third kappa shape index (κ3) is 5.61. The number of carbonyl (C=O) groups excluding carboxylic acids is 1. The quantitative estimate of drug-likeness (QED) is 0.831. The first-order chi connectivity index (χ1) is 9.34. The molecule has 0 radical (unpaired) electrons. The first-order valence-corrected chi connectivity index (χ1v) is 6.90. The van der Waals surface area contributed by atoms with Gasteiger partial charge in [0.2, 0.25) is 5.91 Å². The zero-order chi connectivity index (χ0) is 15.2. The fourth-order valence-electron chi connectivity index (χ4n) is 2.06. The molecule has 1 aromatic carbocycles. The molecule has 0 saturated carbocycles. The van der Waals surface area contributed by atoms with Gasteiger partial charge in [-0.2, -0.15) is 0 Å². The van der Waals surface area contributed by atoms with Gasteiger partial charge in [0.1, 0.15) is 0 Å². The van der Waals surface area contributed by atoms with Crippen LogP contribution in [0.1, 0.15) is 25.8 Å². The number of aryl methyl sites for hydroxylation is 1. The van der Waals surface area contributed by atoms with Gasteiger partial charge < -0.3 is 15.0 Å². The number of carbonyl (C=O) groups is 1. The first-order valence-electron chi connectivity index (χ1n) is 6.90. The highest BCUT2D eigenvalue weighted by Crippen LogP contribution is 2.13. The summed E-state index contributed by atoms with van der Waals surface area (Å²) in [7, 11) is 5.67. The van der Waals surface area contributed by atoms with E-state index in [4.69, 9.17) is 4.74 Å². The van der Waals surface area contributed by atoms with Gasteiger partial charge in [0.15, 0.2) is 0 Å². The Kier molecular flexibility index (Phi) is 6.02. The van der Waals surface area contributed by atoms with E-state index < -0.39 is 0 Å². The molecule has 0 spiro atoms. The molecule has 0 saturated heterocycles. The van der Waals surface area contributed by atoms with E-state index in [1.807, 2.05) is 27.9 Å². The fourth-order valence-corrected chi connectivity index (χ4v) is 2.06. The molecule has 0 bridgehead atoms. The summed E-state index contributed by atoms with van der Waals surface area (Å²) in [6, 6.07) is 8.29. The van der Waals surface area contributed by atoms with Crippen molar-refractivity contribution in [3.8, 4) is 0 Å². The van der Waals surface area contributed by atoms with Gasteiger partial charge in [-0.3, -0.25) is 4.79 Å². The highest BCUT2D eigenvalue weighted by molar-refractivity contribution is 5.77. The number of benzene rings is 1. The Balaban J connectivity index is 2.45. The third-order valence-corrected chi connectivity index (χ3v) is 3.08. The lowest BCUT2D eigenvalue weighted by molar-refractivity contribution is -0.123. The van der Waals surface area contributed by atoms with E-state index in [-0.39, 0.29) is 11.4 Å². The van der Waals surface area contributed by atoms with Crippen molar-refractivity contribution in [3.63, 3.8) is 0 Å². The van der Waals surface area contributed by atoms with Gasteiger partial charge in [-0.1, -0.05) is 12.1 Å². The number of nitrogens with zero attached hydrogens (tertiary/aromatic N) is 1. The van der Waals surface area contributed by atoms with Crippen LogP contribution in [0.5, 0.6) is 0 Å². The topological polar surface area (TPSA) is 41.6 Å². The lowest BCUT2D eigenvalue weighted by Gasteiger charge is -2.25. The summed E-state index contributed by atoms with van der Waals surface area (Å²) in [5.41, 5.74) is 2.02. The number of methoxy groups -OCH3 is 1. The molecule has 0 aliphatic carbocycles. The van der Waals surface area contributed by atoms with Crippen LogP contribution in [0, 0.1) is 0 Å². The van der Waals surface area contributed by atoms with Crippen molar-refractivity contribution in [2.24, 2.45) is 0 Å². The zero-order valence-electron chi connectivity index (χ0n) is 13.2. The molecular weight excluding hydrogens is 252 g/mol. The minimum atomic E-state index is -0.319. The normalized spacial score (nSPS) is 11.2. The summed E-state index contributed by atoms with van der Waals surface area (Å²) in [6.45, 7) is 4.43. The van der Waals surface area contributed by atoms with Crippen LogP contribution in [0.25, 0.3) is 0 Å². The maximum atomic E-state index is 11.9. The largest absolute Gasteiger partial charge is 0.382 e. The van der Waals surface area contributed by atoms with Crippen molar-refractivity contribution in [3.05, 3.63) is 29.8 Å². The van der Waals surface area contributed by atoms with Gasteiger partial charge in [0.25, 0.3) is 0 Å². The maximum Gasteiger partial charge on any atom is 0.220 e. The highest BCUT2D eigenvalue weighted by Gasteiger charge is 2.19. The first kappa shape index (κ1) is 16.5. The molecule has 0 fully saturated rings. The Labute approximate surface area is 122 Å². The minimum Gasteiger partial charge on any atom is -0.382 e. The molecule has 4 nitrogen and oxygen atoms in total. The van der Waals surface area contributed by atoms with Crippen LogP contribution in [0.15, 0.2) is 24.3 Å². The monoisotopic (exact) mass is 278 g/mol. The van der Waals surface area contributed by atoms with Crippen molar-refractivity contribution in [2.45, 2.75) is 32.2 Å². The summed E-state index contributed by atoms with van der Waals surface area (Å²) >= 11 is 0. The van der Waals surface area contributed by atoms with Crippen molar-refractivity contribution in [2.75, 3.05) is 32.7 Å². The Morgan fingerprint density at radius 3 is 2.35 bits per heavy atom. The summed E-state index contributed by atoms with van der Waals surface area (Å²) in [4.78, 5) is 14.0. The van der Waals surface area contributed by atoms with Crippen LogP contribution in [0.2, 0.25) is 0 Å². The lowest BCUT2D eigenvalue weighted by Crippen LogP contribution is -2.46. The third-order valence-electron chi connectivity index (χ3n) is 3.08. The molecule has 1 rings (SSSR count). The van der Waals surface area contributed by atoms with E-state index in [1.165, 1.54) is 11.3 Å². The molecule has 0 aromatic heterocycles. The van der Waals surface area contributed by atoms with Crippen molar-refractivity contribution < 1.29 is 9.53 Å². The van der Waals surface area contributed by atoms with Gasteiger partial charge in [-0.05, 0) is 38.0 Å². The molecule has 0 aliphatic heterocycles. The fraction of sp³-hybridized carbons (Fsp3) is 0.562. The summed E-state index contributed by atoms with van der Waals surface area (Å²) in [5, 5.41) is 2.98. The van der Waals surface area contributed by atoms with Crippen molar-refractivity contribution >= 4 is 11.6 Å². The highest BCUT2D eigenvalue weighted by atomic mass is 16.5. The van der Waals surface area contributed by atoms with E-state index in [0.29, 0.717) is 13.0 Å². The molecule has 1 N–H and O–H groups in total. The van der Waals surface area contributed by atoms with Gasteiger partial charge in [0, 0.05) is 33.3 Å². The van der Waals surface area contributed by atoms with E-state index in [1.54, 1.807) is 7.11 Å². The Morgan fingerprint density at radius 1 is 1.25 bits per heavy atom. The molecule has 0 aliphatic rings. The Morgan fingerprint density at radius 2 is 1.85 bits per heavy atom. The number of rotatable bonds is 7. The number of hydrogen-bond acceptors (Lipinski definition) is 3. The summed E-state index contributed by atoms with van der Waals surface area (Å²) in [5.74, 6) is 0.0590. The average Bonchev–Trinajstić information content (AvgIpc) is 2.36. The van der Waals surface area contributed by atoms with Crippen LogP contribution >= 0.6 is 0 Å². The van der Waals surface area contributed by atoms with Gasteiger partial charge in [-0.25, -0.2) is 0 Å². The standard InChI is InChI=1S/C16H26N2O2/c1-16(2,12-20-5)17-15(19)11-8-13-6-9-14(10-7-13)18(3)4/h6-7,9-10H,8,11-12H2,1-5H3,(H,17,19). The molecule has 4 heteroatoms. The molecule has 20 heavy (non-hydrogen) atoms. The number of anilines is 1. The van der Waals surface area contributed by atoms with Crippen LogP contribution in [0.3, 0.4) is 0 Å². The molecule has 1 amide bonds. The maximum absolute atomic E-state index is 11.9. The second-order valence-electron chi connectivity index (χ2n) is 5.93. The Hall–Kier alpha value is -1.55. The van der Waals surface area contributed by atoms with Gasteiger partial charge in [0.05, 0.1) is 12.1 Å². The molecule has 0 unspecified atom stereocenters. The van der Waals surface area contributed by atoms with Crippen molar-refractivity contribution in [1.82, 2.24) is 5.32 Å². The van der Waals surface area contributed by atoms with E-state index in [2.05, 4.69) is 34.5 Å².